The van der Waals surface area contributed by atoms with Crippen LogP contribution in [0.3, 0.4) is 0 Å². The zero-order chi connectivity index (χ0) is 12.4. The van der Waals surface area contributed by atoms with Gasteiger partial charge in [0.05, 0.1) is 6.61 Å². The molecule has 1 aromatic heterocycles. The SMILES string of the molecule is CCOc1cccc(-c2noc(NC3CC3)n2)c1. The van der Waals surface area contributed by atoms with E-state index in [0.29, 0.717) is 24.5 Å². The highest BCUT2D eigenvalue weighted by molar-refractivity contribution is 5.58. The molecule has 2 aromatic rings. The Bertz CT molecular complexity index is 535. The molecule has 94 valence electrons. The molecule has 1 aliphatic rings. The highest BCUT2D eigenvalue weighted by Crippen LogP contribution is 2.26. The number of hydrogen-bond donors (Lipinski definition) is 1. The Morgan fingerprint density at radius 3 is 3.11 bits per heavy atom. The molecule has 0 saturated heterocycles. The quantitative estimate of drug-likeness (QED) is 0.877. The van der Waals surface area contributed by atoms with Crippen molar-refractivity contribution in [2.75, 3.05) is 11.9 Å². The molecule has 5 heteroatoms. The number of aromatic nitrogens is 2. The van der Waals surface area contributed by atoms with Crippen LogP contribution in [0.5, 0.6) is 5.75 Å². The molecule has 1 fully saturated rings. The highest BCUT2D eigenvalue weighted by atomic mass is 16.5. The molecule has 5 nitrogen and oxygen atoms in total. The zero-order valence-corrected chi connectivity index (χ0v) is 10.2. The van der Waals surface area contributed by atoms with Crippen LogP contribution in [0.15, 0.2) is 28.8 Å². The Balaban J connectivity index is 1.79. The number of anilines is 1. The summed E-state index contributed by atoms with van der Waals surface area (Å²) in [5.41, 5.74) is 0.897. The van der Waals surface area contributed by atoms with Gasteiger partial charge in [-0.3, -0.25) is 0 Å². The van der Waals surface area contributed by atoms with Gasteiger partial charge in [-0.2, -0.15) is 4.98 Å². The molecule has 0 aliphatic heterocycles. The van der Waals surface area contributed by atoms with Gasteiger partial charge in [0, 0.05) is 11.6 Å². The third kappa shape index (κ3) is 2.45. The van der Waals surface area contributed by atoms with E-state index in [-0.39, 0.29) is 0 Å². The molecule has 0 amide bonds. The monoisotopic (exact) mass is 245 g/mol. The third-order valence-electron chi connectivity index (χ3n) is 2.73. The van der Waals surface area contributed by atoms with Crippen molar-refractivity contribution in [3.8, 4) is 17.1 Å². The van der Waals surface area contributed by atoms with Gasteiger partial charge < -0.3 is 14.6 Å². The molecule has 1 heterocycles. The topological polar surface area (TPSA) is 60.2 Å². The first-order valence-electron chi connectivity index (χ1n) is 6.18. The lowest BCUT2D eigenvalue weighted by Gasteiger charge is -2.02. The second-order valence-electron chi connectivity index (χ2n) is 4.30. The summed E-state index contributed by atoms with van der Waals surface area (Å²) in [6.45, 7) is 2.60. The summed E-state index contributed by atoms with van der Waals surface area (Å²) in [7, 11) is 0. The van der Waals surface area contributed by atoms with E-state index < -0.39 is 0 Å². The van der Waals surface area contributed by atoms with Crippen LogP contribution in [0.25, 0.3) is 11.4 Å². The summed E-state index contributed by atoms with van der Waals surface area (Å²) >= 11 is 0. The van der Waals surface area contributed by atoms with Crippen LogP contribution in [0.1, 0.15) is 19.8 Å². The van der Waals surface area contributed by atoms with Gasteiger partial charge in [0.2, 0.25) is 5.82 Å². The van der Waals surface area contributed by atoms with Crippen molar-refractivity contribution in [2.24, 2.45) is 0 Å². The van der Waals surface area contributed by atoms with E-state index >= 15 is 0 Å². The largest absolute Gasteiger partial charge is 0.494 e. The highest BCUT2D eigenvalue weighted by Gasteiger charge is 2.23. The lowest BCUT2D eigenvalue weighted by Crippen LogP contribution is -2.00. The maximum atomic E-state index is 5.45. The Hall–Kier alpha value is -2.04. The van der Waals surface area contributed by atoms with Crippen LogP contribution >= 0.6 is 0 Å². The first-order chi connectivity index (χ1) is 8.85. The lowest BCUT2D eigenvalue weighted by atomic mass is 10.2. The van der Waals surface area contributed by atoms with Gasteiger partial charge in [0.15, 0.2) is 0 Å². The van der Waals surface area contributed by atoms with Gasteiger partial charge >= 0.3 is 6.01 Å². The molecule has 1 saturated carbocycles. The van der Waals surface area contributed by atoms with Crippen LogP contribution in [0.2, 0.25) is 0 Å². The minimum absolute atomic E-state index is 0.495. The number of nitrogens with one attached hydrogen (secondary N) is 1. The molecular weight excluding hydrogens is 230 g/mol. The summed E-state index contributed by atoms with van der Waals surface area (Å²) in [5.74, 6) is 1.40. The predicted octanol–water partition coefficient (Wildman–Crippen LogP) is 2.71. The van der Waals surface area contributed by atoms with E-state index in [1.165, 1.54) is 12.8 Å². The van der Waals surface area contributed by atoms with Crippen molar-refractivity contribution in [3.63, 3.8) is 0 Å². The first-order valence-corrected chi connectivity index (χ1v) is 6.18. The Morgan fingerprint density at radius 1 is 1.44 bits per heavy atom. The summed E-state index contributed by atoms with van der Waals surface area (Å²) < 4.78 is 10.6. The molecule has 0 bridgehead atoms. The van der Waals surface area contributed by atoms with E-state index in [0.717, 1.165) is 11.3 Å². The van der Waals surface area contributed by atoms with E-state index in [4.69, 9.17) is 9.26 Å². The number of rotatable bonds is 5. The Labute approximate surface area is 105 Å². The normalized spacial score (nSPS) is 14.5. The first kappa shape index (κ1) is 11.1. The minimum Gasteiger partial charge on any atom is -0.494 e. The molecule has 0 spiro atoms. The molecule has 1 aromatic carbocycles. The second kappa shape index (κ2) is 4.68. The van der Waals surface area contributed by atoms with Gasteiger partial charge in [0.1, 0.15) is 5.75 Å². The van der Waals surface area contributed by atoms with Gasteiger partial charge in [0.25, 0.3) is 0 Å². The maximum absolute atomic E-state index is 5.45. The molecule has 0 atom stereocenters. The average molecular weight is 245 g/mol. The van der Waals surface area contributed by atoms with Crippen LogP contribution in [0.4, 0.5) is 6.01 Å². The minimum atomic E-state index is 0.495. The molecule has 0 unspecified atom stereocenters. The number of hydrogen-bond acceptors (Lipinski definition) is 5. The Morgan fingerprint density at radius 2 is 2.33 bits per heavy atom. The van der Waals surface area contributed by atoms with E-state index in [1.54, 1.807) is 0 Å². The van der Waals surface area contributed by atoms with Crippen molar-refractivity contribution in [1.29, 1.82) is 0 Å². The number of ether oxygens (including phenoxy) is 1. The van der Waals surface area contributed by atoms with E-state index in [9.17, 15) is 0 Å². The van der Waals surface area contributed by atoms with Crippen LogP contribution in [-0.2, 0) is 0 Å². The van der Waals surface area contributed by atoms with Gasteiger partial charge in [-0.05, 0) is 31.9 Å². The maximum Gasteiger partial charge on any atom is 0.322 e. The molecular formula is C13H15N3O2. The van der Waals surface area contributed by atoms with Gasteiger partial charge in [-0.1, -0.05) is 17.3 Å². The van der Waals surface area contributed by atoms with Crippen molar-refractivity contribution in [2.45, 2.75) is 25.8 Å². The van der Waals surface area contributed by atoms with Crippen LogP contribution in [0, 0.1) is 0 Å². The smallest absolute Gasteiger partial charge is 0.322 e. The molecule has 3 rings (SSSR count). The fraction of sp³-hybridized carbons (Fsp3) is 0.385. The summed E-state index contributed by atoms with van der Waals surface area (Å²) in [6.07, 6.45) is 2.36. The Kier molecular flexibility index (Phi) is 2.88. The second-order valence-corrected chi connectivity index (χ2v) is 4.30. The summed E-state index contributed by atoms with van der Waals surface area (Å²) in [6, 6.07) is 8.69. The van der Waals surface area contributed by atoms with Crippen molar-refractivity contribution in [1.82, 2.24) is 10.1 Å². The van der Waals surface area contributed by atoms with E-state index in [1.807, 2.05) is 31.2 Å². The zero-order valence-electron chi connectivity index (χ0n) is 10.2. The fourth-order valence-corrected chi connectivity index (χ4v) is 1.69. The average Bonchev–Trinajstić information content (AvgIpc) is 3.06. The molecule has 1 N–H and O–H groups in total. The lowest BCUT2D eigenvalue weighted by molar-refractivity contribution is 0.340. The third-order valence-corrected chi connectivity index (χ3v) is 2.73. The fourth-order valence-electron chi connectivity index (χ4n) is 1.69. The van der Waals surface area contributed by atoms with Crippen LogP contribution < -0.4 is 10.1 Å². The van der Waals surface area contributed by atoms with E-state index in [2.05, 4.69) is 15.5 Å². The number of nitrogens with zero attached hydrogens (tertiary/aromatic N) is 2. The standard InChI is InChI=1S/C13H15N3O2/c1-2-17-11-5-3-4-9(8-11)12-15-13(18-16-12)14-10-6-7-10/h3-5,8,10H,2,6-7H2,1H3,(H,14,15,16). The molecule has 1 aliphatic carbocycles. The number of benzene rings is 1. The van der Waals surface area contributed by atoms with Crippen LogP contribution in [-0.4, -0.2) is 22.8 Å². The summed E-state index contributed by atoms with van der Waals surface area (Å²) in [4.78, 5) is 4.32. The van der Waals surface area contributed by atoms with Crippen molar-refractivity contribution >= 4 is 6.01 Å². The van der Waals surface area contributed by atoms with Crippen molar-refractivity contribution in [3.05, 3.63) is 24.3 Å². The van der Waals surface area contributed by atoms with Crippen molar-refractivity contribution < 1.29 is 9.26 Å². The summed E-state index contributed by atoms with van der Waals surface area (Å²) in [5, 5.41) is 7.14. The molecule has 0 radical (unpaired) electrons. The predicted molar refractivity (Wildman–Crippen MR) is 67.5 cm³/mol. The van der Waals surface area contributed by atoms with Gasteiger partial charge in [-0.15, -0.1) is 0 Å². The molecule has 18 heavy (non-hydrogen) atoms. The van der Waals surface area contributed by atoms with Gasteiger partial charge in [-0.25, -0.2) is 0 Å².